The molecule has 0 bridgehead atoms. The Morgan fingerprint density at radius 2 is 2.00 bits per heavy atom. The highest BCUT2D eigenvalue weighted by Gasteiger charge is 2.10. The number of carbonyl (C=O) groups excluding carboxylic acids is 1. The number of aromatic hydroxyl groups is 1. The molecule has 0 unspecified atom stereocenters. The quantitative estimate of drug-likeness (QED) is 0.619. The van der Waals surface area contributed by atoms with E-state index < -0.39 is 5.91 Å². The van der Waals surface area contributed by atoms with Crippen molar-refractivity contribution < 1.29 is 19.4 Å². The summed E-state index contributed by atoms with van der Waals surface area (Å²) in [5.74, 6) is 0.582. The molecule has 0 spiro atoms. The molecule has 6 nitrogen and oxygen atoms in total. The molecule has 0 aliphatic heterocycles. The minimum atomic E-state index is -0.526. The van der Waals surface area contributed by atoms with Gasteiger partial charge in [0.15, 0.2) is 0 Å². The standard InChI is InChI=1S/C16H15BrN2O4/c1-22-12-4-6-15(23-2)10(7-12)9-18-19-16(21)13-8-11(17)3-5-14(13)20/h3-9,20H,1-2H3,(H,19,21). The highest BCUT2D eigenvalue weighted by Crippen LogP contribution is 2.23. The van der Waals surface area contributed by atoms with E-state index >= 15 is 0 Å². The molecule has 0 saturated carbocycles. The summed E-state index contributed by atoms with van der Waals surface area (Å²) in [6.07, 6.45) is 1.44. The van der Waals surface area contributed by atoms with Gasteiger partial charge in [0.2, 0.25) is 0 Å². The number of nitrogens with one attached hydrogen (secondary N) is 1. The lowest BCUT2D eigenvalue weighted by atomic mass is 10.2. The molecule has 0 atom stereocenters. The van der Waals surface area contributed by atoms with Gasteiger partial charge in [-0.05, 0) is 36.4 Å². The van der Waals surface area contributed by atoms with E-state index in [-0.39, 0.29) is 11.3 Å². The molecule has 0 aromatic heterocycles. The number of phenolic OH excluding ortho intramolecular Hbond substituents is 1. The lowest BCUT2D eigenvalue weighted by molar-refractivity contribution is 0.0952. The average molecular weight is 379 g/mol. The van der Waals surface area contributed by atoms with E-state index in [0.29, 0.717) is 21.5 Å². The predicted molar refractivity (Wildman–Crippen MR) is 90.4 cm³/mol. The van der Waals surface area contributed by atoms with Crippen molar-refractivity contribution in [1.29, 1.82) is 0 Å². The first-order valence-corrected chi connectivity index (χ1v) is 7.38. The van der Waals surface area contributed by atoms with Gasteiger partial charge in [0.05, 0.1) is 26.0 Å². The van der Waals surface area contributed by atoms with Crippen LogP contribution in [-0.4, -0.2) is 31.4 Å². The number of methoxy groups -OCH3 is 2. The van der Waals surface area contributed by atoms with Crippen molar-refractivity contribution in [2.75, 3.05) is 14.2 Å². The van der Waals surface area contributed by atoms with Gasteiger partial charge in [-0.2, -0.15) is 5.10 Å². The third kappa shape index (κ3) is 4.23. The predicted octanol–water partition coefficient (Wildman–Crippen LogP) is 2.94. The van der Waals surface area contributed by atoms with Crippen LogP contribution in [0.4, 0.5) is 0 Å². The van der Waals surface area contributed by atoms with Crippen molar-refractivity contribution in [3.8, 4) is 17.2 Å². The first-order valence-electron chi connectivity index (χ1n) is 6.59. The third-order valence-electron chi connectivity index (χ3n) is 3.01. The number of phenols is 1. The Morgan fingerprint density at radius 1 is 1.22 bits per heavy atom. The number of halogens is 1. The second-order valence-corrected chi connectivity index (χ2v) is 5.38. The highest BCUT2D eigenvalue weighted by atomic mass is 79.9. The molecule has 0 fully saturated rings. The molecule has 0 heterocycles. The average Bonchev–Trinajstić information content (AvgIpc) is 2.56. The number of amides is 1. The third-order valence-corrected chi connectivity index (χ3v) is 3.50. The maximum Gasteiger partial charge on any atom is 0.275 e. The smallest absolute Gasteiger partial charge is 0.275 e. The van der Waals surface area contributed by atoms with Crippen LogP contribution in [0.2, 0.25) is 0 Å². The number of hydrazone groups is 1. The molecule has 0 aliphatic rings. The van der Waals surface area contributed by atoms with Crippen molar-refractivity contribution in [3.63, 3.8) is 0 Å². The summed E-state index contributed by atoms with van der Waals surface area (Å²) < 4.78 is 11.0. The van der Waals surface area contributed by atoms with Crippen LogP contribution in [0.15, 0.2) is 46.0 Å². The Balaban J connectivity index is 2.15. The lowest BCUT2D eigenvalue weighted by Gasteiger charge is -2.07. The van der Waals surface area contributed by atoms with Gasteiger partial charge in [0, 0.05) is 10.0 Å². The Labute approximate surface area is 141 Å². The number of hydrogen-bond donors (Lipinski definition) is 2. The van der Waals surface area contributed by atoms with E-state index in [2.05, 4.69) is 26.5 Å². The number of hydrogen-bond acceptors (Lipinski definition) is 5. The largest absolute Gasteiger partial charge is 0.507 e. The van der Waals surface area contributed by atoms with Crippen molar-refractivity contribution in [2.45, 2.75) is 0 Å². The summed E-state index contributed by atoms with van der Waals surface area (Å²) in [6, 6.07) is 9.79. The van der Waals surface area contributed by atoms with Crippen molar-refractivity contribution in [1.82, 2.24) is 5.43 Å². The van der Waals surface area contributed by atoms with Gasteiger partial charge in [-0.3, -0.25) is 4.79 Å². The molecule has 2 aromatic rings. The van der Waals surface area contributed by atoms with Gasteiger partial charge in [-0.15, -0.1) is 0 Å². The minimum absolute atomic E-state index is 0.120. The van der Waals surface area contributed by atoms with E-state index in [4.69, 9.17) is 9.47 Å². The molecule has 0 saturated heterocycles. The fourth-order valence-corrected chi connectivity index (χ4v) is 2.21. The van der Waals surface area contributed by atoms with E-state index in [9.17, 15) is 9.90 Å². The maximum atomic E-state index is 12.0. The summed E-state index contributed by atoms with van der Waals surface area (Å²) in [7, 11) is 3.10. The van der Waals surface area contributed by atoms with Gasteiger partial charge >= 0.3 is 0 Å². The fraction of sp³-hybridized carbons (Fsp3) is 0.125. The molecule has 23 heavy (non-hydrogen) atoms. The van der Waals surface area contributed by atoms with Gasteiger partial charge in [0.1, 0.15) is 17.2 Å². The summed E-state index contributed by atoms with van der Waals surface area (Å²) in [5.41, 5.74) is 3.12. The van der Waals surface area contributed by atoms with Crippen LogP contribution in [0.25, 0.3) is 0 Å². The number of carbonyl (C=O) groups is 1. The fourth-order valence-electron chi connectivity index (χ4n) is 1.85. The Hall–Kier alpha value is -2.54. The summed E-state index contributed by atoms with van der Waals surface area (Å²) in [6.45, 7) is 0. The minimum Gasteiger partial charge on any atom is -0.507 e. The zero-order valence-electron chi connectivity index (χ0n) is 12.5. The van der Waals surface area contributed by atoms with Crippen LogP contribution >= 0.6 is 15.9 Å². The first-order chi connectivity index (χ1) is 11.0. The number of benzene rings is 2. The zero-order valence-corrected chi connectivity index (χ0v) is 14.1. The summed E-state index contributed by atoms with van der Waals surface area (Å²) in [4.78, 5) is 12.0. The molecule has 120 valence electrons. The first kappa shape index (κ1) is 16.8. The van der Waals surface area contributed by atoms with Gasteiger partial charge in [0.25, 0.3) is 5.91 Å². The van der Waals surface area contributed by atoms with E-state index in [1.165, 1.54) is 25.5 Å². The van der Waals surface area contributed by atoms with Crippen LogP contribution in [-0.2, 0) is 0 Å². The van der Waals surface area contributed by atoms with E-state index in [1.807, 2.05) is 0 Å². The Kier molecular flexibility index (Phi) is 5.59. The van der Waals surface area contributed by atoms with Crippen LogP contribution in [0.5, 0.6) is 17.2 Å². The second-order valence-electron chi connectivity index (χ2n) is 4.47. The topological polar surface area (TPSA) is 80.2 Å². The van der Waals surface area contributed by atoms with Gasteiger partial charge in [-0.1, -0.05) is 15.9 Å². The number of ether oxygens (including phenoxy) is 2. The molecular formula is C16H15BrN2O4. The summed E-state index contributed by atoms with van der Waals surface area (Å²) in [5, 5.41) is 13.6. The van der Waals surface area contributed by atoms with Crippen LogP contribution in [0.3, 0.4) is 0 Å². The molecular weight excluding hydrogens is 364 g/mol. The monoisotopic (exact) mass is 378 g/mol. The SMILES string of the molecule is COc1ccc(OC)c(C=NNC(=O)c2cc(Br)ccc2O)c1. The summed E-state index contributed by atoms with van der Waals surface area (Å²) >= 11 is 3.24. The second kappa shape index (κ2) is 7.64. The van der Waals surface area contributed by atoms with Gasteiger partial charge in [-0.25, -0.2) is 5.43 Å². The van der Waals surface area contributed by atoms with Crippen LogP contribution < -0.4 is 14.9 Å². The molecule has 1 amide bonds. The zero-order chi connectivity index (χ0) is 16.8. The van der Waals surface area contributed by atoms with E-state index in [0.717, 1.165) is 0 Å². The van der Waals surface area contributed by atoms with Gasteiger partial charge < -0.3 is 14.6 Å². The Bertz CT molecular complexity index is 747. The number of rotatable bonds is 5. The molecule has 2 N–H and O–H groups in total. The van der Waals surface area contributed by atoms with Crippen molar-refractivity contribution in [2.24, 2.45) is 5.10 Å². The van der Waals surface area contributed by atoms with Crippen molar-refractivity contribution in [3.05, 3.63) is 52.0 Å². The van der Waals surface area contributed by atoms with Crippen LogP contribution in [0, 0.1) is 0 Å². The van der Waals surface area contributed by atoms with Crippen LogP contribution in [0.1, 0.15) is 15.9 Å². The molecule has 0 aliphatic carbocycles. The molecule has 2 rings (SSSR count). The van der Waals surface area contributed by atoms with Crippen molar-refractivity contribution >= 4 is 28.1 Å². The molecule has 0 radical (unpaired) electrons. The number of nitrogens with zero attached hydrogens (tertiary/aromatic N) is 1. The normalized spacial score (nSPS) is 10.6. The molecule has 7 heteroatoms. The van der Waals surface area contributed by atoms with E-state index in [1.54, 1.807) is 31.4 Å². The maximum absolute atomic E-state index is 12.0. The molecule has 2 aromatic carbocycles. The highest BCUT2D eigenvalue weighted by molar-refractivity contribution is 9.10. The Morgan fingerprint density at radius 3 is 2.70 bits per heavy atom. The lowest BCUT2D eigenvalue weighted by Crippen LogP contribution is -2.17.